The zero-order valence-electron chi connectivity index (χ0n) is 30.5. The number of carbonyl (C=O) groups is 6. The molecule has 5 atom stereocenters. The van der Waals surface area contributed by atoms with E-state index >= 15 is 0 Å². The lowest BCUT2D eigenvalue weighted by molar-refractivity contribution is -0.156. The predicted molar refractivity (Wildman–Crippen MR) is 183 cm³/mol. The van der Waals surface area contributed by atoms with Gasteiger partial charge in [0.2, 0.25) is 17.6 Å². The van der Waals surface area contributed by atoms with Crippen molar-refractivity contribution in [2.45, 2.75) is 137 Å². The summed E-state index contributed by atoms with van der Waals surface area (Å²) < 4.78 is 6.00. The number of likely N-dealkylation sites (tertiary alicyclic amines) is 1. The first-order chi connectivity index (χ1) is 22.6. The number of esters is 1. The Balaban J connectivity index is 1.55. The van der Waals surface area contributed by atoms with Crippen LogP contribution >= 0.6 is 0 Å². The lowest BCUT2D eigenvalue weighted by atomic mass is 9.75. The van der Waals surface area contributed by atoms with E-state index in [0.717, 1.165) is 38.5 Å². The Labute approximate surface area is 291 Å². The van der Waals surface area contributed by atoms with Gasteiger partial charge in [-0.25, -0.2) is 9.59 Å². The topological polar surface area (TPSA) is 177 Å². The molecule has 5 N–H and O–H groups in total. The maximum atomic E-state index is 14.5. The standard InChI is InChI=1S/C37H57N5O7/c1-10-37(8,9)23-17-18-42(25(23)31(45)39-24(19-20-11-12-20)26(43)30(38)44)32(46)28(35(2,3)4)40-34(48)41-29(36(5,6)7)33(47)49-27(21-13-14-21)22-15-16-22/h1,20-25,27-29H,11-19H2,2-9H3,(H2,38,44)(H,39,45)(H2,40,41,48)/t23-,24?,25-,28+,29+/m0/s1. The number of Topliss-reactive ketones (excluding diaryl/α,β-unsaturated/α-hetero) is 1. The summed E-state index contributed by atoms with van der Waals surface area (Å²) in [6.45, 7) is 14.7. The molecule has 0 aromatic rings. The Morgan fingerprint density at radius 2 is 1.35 bits per heavy atom. The monoisotopic (exact) mass is 683 g/mol. The van der Waals surface area contributed by atoms with Gasteiger partial charge in [-0.05, 0) is 81.0 Å². The molecule has 49 heavy (non-hydrogen) atoms. The highest BCUT2D eigenvalue weighted by Gasteiger charge is 2.52. The van der Waals surface area contributed by atoms with E-state index in [-0.39, 0.29) is 25.0 Å². The average Bonchev–Trinajstić information content (AvgIpc) is 3.85. The van der Waals surface area contributed by atoms with Crippen LogP contribution in [0.15, 0.2) is 0 Å². The van der Waals surface area contributed by atoms with Gasteiger partial charge >= 0.3 is 12.0 Å². The number of nitrogens with one attached hydrogen (secondary N) is 3. The molecule has 1 heterocycles. The number of nitrogens with two attached hydrogens (primary N) is 1. The van der Waals surface area contributed by atoms with Gasteiger partial charge in [-0.3, -0.25) is 19.2 Å². The Kier molecular flexibility index (Phi) is 11.2. The highest BCUT2D eigenvalue weighted by molar-refractivity contribution is 6.37. The molecule has 1 saturated heterocycles. The van der Waals surface area contributed by atoms with Crippen molar-refractivity contribution in [3.8, 4) is 12.3 Å². The fourth-order valence-corrected chi connectivity index (χ4v) is 6.95. The molecule has 4 rings (SSSR count). The number of carbonyl (C=O) groups excluding carboxylic acids is 6. The van der Waals surface area contributed by atoms with Gasteiger partial charge in [0.05, 0.1) is 6.04 Å². The minimum absolute atomic E-state index is 0.133. The summed E-state index contributed by atoms with van der Waals surface area (Å²) in [4.78, 5) is 81.7. The normalized spacial score (nSPS) is 23.1. The average molecular weight is 684 g/mol. The highest BCUT2D eigenvalue weighted by Crippen LogP contribution is 2.47. The van der Waals surface area contributed by atoms with E-state index in [1.165, 1.54) is 4.90 Å². The molecule has 272 valence electrons. The number of terminal acetylenes is 1. The molecule has 1 unspecified atom stereocenters. The minimum Gasteiger partial charge on any atom is -0.460 e. The van der Waals surface area contributed by atoms with Gasteiger partial charge in [-0.2, -0.15) is 0 Å². The van der Waals surface area contributed by atoms with E-state index in [1.807, 2.05) is 34.6 Å². The molecular formula is C37H57N5O7. The van der Waals surface area contributed by atoms with Gasteiger partial charge in [-0.15, -0.1) is 12.3 Å². The van der Waals surface area contributed by atoms with E-state index in [4.69, 9.17) is 16.9 Å². The first kappa shape index (κ1) is 38.2. The van der Waals surface area contributed by atoms with Gasteiger partial charge in [0.1, 0.15) is 24.2 Å². The van der Waals surface area contributed by atoms with Crippen LogP contribution in [0.1, 0.15) is 107 Å². The number of primary amides is 1. The fourth-order valence-electron chi connectivity index (χ4n) is 6.95. The van der Waals surface area contributed by atoms with Gasteiger partial charge in [-0.1, -0.05) is 54.4 Å². The van der Waals surface area contributed by atoms with Crippen LogP contribution in [0.25, 0.3) is 0 Å². The molecule has 3 saturated carbocycles. The zero-order valence-corrected chi connectivity index (χ0v) is 30.5. The maximum absolute atomic E-state index is 14.5. The largest absolute Gasteiger partial charge is 0.460 e. The molecule has 0 aromatic heterocycles. The van der Waals surface area contributed by atoms with Crippen LogP contribution in [0.5, 0.6) is 0 Å². The third-order valence-electron chi connectivity index (χ3n) is 10.6. The highest BCUT2D eigenvalue weighted by atomic mass is 16.5. The predicted octanol–water partition coefficient (Wildman–Crippen LogP) is 3.06. The minimum atomic E-state index is -1.14. The third kappa shape index (κ3) is 9.55. The van der Waals surface area contributed by atoms with Crippen LogP contribution in [-0.4, -0.2) is 77.2 Å². The van der Waals surface area contributed by atoms with Crippen molar-refractivity contribution in [2.24, 2.45) is 45.7 Å². The lowest BCUT2D eigenvalue weighted by Gasteiger charge is -2.39. The zero-order chi connectivity index (χ0) is 36.6. The SMILES string of the molecule is C#CC(C)(C)[C@H]1CCN(C(=O)[C@@H](NC(=O)N[C@H](C(=O)OC(C2CC2)C2CC2)C(C)(C)C)C(C)(C)C)[C@@H]1C(=O)NC(CC1CC1)C(=O)C(N)=O. The number of hydrogen-bond donors (Lipinski definition) is 4. The molecule has 4 fully saturated rings. The summed E-state index contributed by atoms with van der Waals surface area (Å²) in [6, 6.07) is -4.97. The van der Waals surface area contributed by atoms with E-state index in [0.29, 0.717) is 18.3 Å². The van der Waals surface area contributed by atoms with Crippen LogP contribution in [0.2, 0.25) is 0 Å². The van der Waals surface area contributed by atoms with Crippen molar-refractivity contribution >= 4 is 35.5 Å². The first-order valence-electron chi connectivity index (χ1n) is 17.9. The van der Waals surface area contributed by atoms with Gasteiger partial charge in [0, 0.05) is 17.9 Å². The Morgan fingerprint density at radius 3 is 1.80 bits per heavy atom. The molecule has 0 spiro atoms. The quantitative estimate of drug-likeness (QED) is 0.124. The van der Waals surface area contributed by atoms with Crippen molar-refractivity contribution in [3.63, 3.8) is 0 Å². The summed E-state index contributed by atoms with van der Waals surface area (Å²) >= 11 is 0. The molecule has 0 aromatic carbocycles. The lowest BCUT2D eigenvalue weighted by Crippen LogP contribution is -2.62. The summed E-state index contributed by atoms with van der Waals surface area (Å²) in [5.41, 5.74) is 3.02. The summed E-state index contributed by atoms with van der Waals surface area (Å²) in [6.07, 6.45) is 12.4. The number of ketones is 1. The summed E-state index contributed by atoms with van der Waals surface area (Å²) in [5, 5.41) is 8.34. The number of hydrogen-bond acceptors (Lipinski definition) is 7. The van der Waals surface area contributed by atoms with Crippen LogP contribution in [0, 0.1) is 52.3 Å². The molecule has 12 nitrogen and oxygen atoms in total. The third-order valence-corrected chi connectivity index (χ3v) is 10.6. The van der Waals surface area contributed by atoms with Gasteiger partial charge < -0.3 is 31.3 Å². The second-order valence-electron chi connectivity index (χ2n) is 17.5. The Hall–Kier alpha value is -3.62. The Bertz CT molecular complexity index is 1350. The molecular weight excluding hydrogens is 626 g/mol. The number of urea groups is 1. The van der Waals surface area contributed by atoms with E-state index in [1.54, 1.807) is 20.8 Å². The smallest absolute Gasteiger partial charge is 0.329 e. The van der Waals surface area contributed by atoms with E-state index in [9.17, 15) is 28.8 Å². The summed E-state index contributed by atoms with van der Waals surface area (Å²) in [5.74, 6) is -0.402. The van der Waals surface area contributed by atoms with Crippen LogP contribution in [0.4, 0.5) is 4.79 Å². The van der Waals surface area contributed by atoms with Gasteiger partial charge in [0.15, 0.2) is 0 Å². The molecule has 1 aliphatic heterocycles. The fraction of sp³-hybridized carbons (Fsp3) is 0.784. The van der Waals surface area contributed by atoms with Crippen LogP contribution in [0.3, 0.4) is 0 Å². The van der Waals surface area contributed by atoms with Crippen molar-refractivity contribution in [1.82, 2.24) is 20.9 Å². The molecule has 0 bridgehead atoms. The number of rotatable bonds is 14. The molecule has 5 amide bonds. The molecule has 3 aliphatic carbocycles. The van der Waals surface area contributed by atoms with Crippen molar-refractivity contribution < 1.29 is 33.5 Å². The maximum Gasteiger partial charge on any atom is 0.329 e. The summed E-state index contributed by atoms with van der Waals surface area (Å²) in [7, 11) is 0. The number of ether oxygens (including phenoxy) is 1. The molecule has 4 aliphatic rings. The van der Waals surface area contributed by atoms with Crippen molar-refractivity contribution in [3.05, 3.63) is 0 Å². The van der Waals surface area contributed by atoms with Gasteiger partial charge in [0.25, 0.3) is 5.91 Å². The van der Waals surface area contributed by atoms with Crippen molar-refractivity contribution in [2.75, 3.05) is 6.54 Å². The number of amides is 5. The Morgan fingerprint density at radius 1 is 0.816 bits per heavy atom. The first-order valence-corrected chi connectivity index (χ1v) is 17.9. The van der Waals surface area contributed by atoms with E-state index < -0.39 is 81.8 Å². The van der Waals surface area contributed by atoms with E-state index in [2.05, 4.69) is 21.9 Å². The van der Waals surface area contributed by atoms with Crippen LogP contribution in [-0.2, 0) is 28.7 Å². The molecule has 0 radical (unpaired) electrons. The van der Waals surface area contributed by atoms with Crippen molar-refractivity contribution in [1.29, 1.82) is 0 Å². The molecule has 12 heteroatoms. The second-order valence-corrected chi connectivity index (χ2v) is 17.5. The second kappa shape index (κ2) is 14.3. The van der Waals surface area contributed by atoms with Crippen LogP contribution < -0.4 is 21.7 Å². The number of nitrogens with zero attached hydrogens (tertiary/aromatic N) is 1.